The van der Waals surface area contributed by atoms with Gasteiger partial charge in [-0.1, -0.05) is 26.0 Å². The Kier molecular flexibility index (Phi) is 4.75. The third-order valence-electron chi connectivity index (χ3n) is 10.7. The number of aromatic nitrogens is 2. The van der Waals surface area contributed by atoms with Crippen molar-refractivity contribution in [2.45, 2.75) is 90.7 Å². The highest BCUT2D eigenvalue weighted by Gasteiger charge is 2.60. The predicted octanol–water partition coefficient (Wildman–Crippen LogP) is 6.55. The number of ether oxygens (including phenoxy) is 1. The molecule has 4 heteroatoms. The predicted molar refractivity (Wildman–Crippen MR) is 126 cm³/mol. The molecule has 4 saturated carbocycles. The minimum atomic E-state index is -0.107. The Morgan fingerprint density at radius 2 is 1.78 bits per heavy atom. The minimum Gasteiger partial charge on any atom is -0.463 e. The summed E-state index contributed by atoms with van der Waals surface area (Å²) < 4.78 is 8.17. The maximum Gasteiger partial charge on any atom is 0.302 e. The molecule has 0 N–H and O–H groups in total. The number of imidazole rings is 1. The summed E-state index contributed by atoms with van der Waals surface area (Å²) in [7, 11) is 0. The molecule has 0 amide bonds. The van der Waals surface area contributed by atoms with Gasteiger partial charge in [0.1, 0.15) is 6.10 Å². The van der Waals surface area contributed by atoms with Crippen LogP contribution in [0.5, 0.6) is 0 Å². The lowest BCUT2D eigenvalue weighted by Gasteiger charge is -2.61. The Morgan fingerprint density at radius 3 is 2.62 bits per heavy atom. The minimum absolute atomic E-state index is 0.107. The third-order valence-corrected chi connectivity index (χ3v) is 10.7. The van der Waals surface area contributed by atoms with E-state index in [0.29, 0.717) is 16.9 Å². The summed E-state index contributed by atoms with van der Waals surface area (Å²) in [5.74, 6) is 3.15. The second-order valence-electron chi connectivity index (χ2n) is 11.9. The molecule has 4 unspecified atom stereocenters. The second kappa shape index (κ2) is 7.33. The fourth-order valence-corrected chi connectivity index (χ4v) is 9.22. The van der Waals surface area contributed by atoms with E-state index in [2.05, 4.69) is 49.0 Å². The van der Waals surface area contributed by atoms with Crippen LogP contribution in [-0.4, -0.2) is 21.6 Å². The van der Waals surface area contributed by atoms with Crippen LogP contribution in [0.25, 0.3) is 11.0 Å². The van der Waals surface area contributed by atoms with Gasteiger partial charge in [-0.2, -0.15) is 0 Å². The van der Waals surface area contributed by atoms with E-state index < -0.39 is 0 Å². The molecule has 0 radical (unpaired) electrons. The van der Waals surface area contributed by atoms with Crippen molar-refractivity contribution < 1.29 is 9.53 Å². The van der Waals surface area contributed by atoms with Crippen LogP contribution in [0.1, 0.15) is 84.6 Å². The van der Waals surface area contributed by atoms with Gasteiger partial charge >= 0.3 is 5.97 Å². The smallest absolute Gasteiger partial charge is 0.302 e. The van der Waals surface area contributed by atoms with Crippen LogP contribution < -0.4 is 0 Å². The summed E-state index contributed by atoms with van der Waals surface area (Å²) in [5, 5.41) is 0. The molecule has 0 spiro atoms. The van der Waals surface area contributed by atoms with Crippen LogP contribution in [0, 0.1) is 34.5 Å². The number of hydrogen-bond acceptors (Lipinski definition) is 3. The fourth-order valence-electron chi connectivity index (χ4n) is 9.22. The Balaban J connectivity index is 1.26. The molecule has 0 bridgehead atoms. The molecule has 0 aliphatic heterocycles. The molecule has 4 aliphatic carbocycles. The van der Waals surface area contributed by atoms with Gasteiger partial charge in [0.25, 0.3) is 0 Å². The lowest BCUT2D eigenvalue weighted by Crippen LogP contribution is -2.54. The zero-order chi connectivity index (χ0) is 22.1. The van der Waals surface area contributed by atoms with Crippen molar-refractivity contribution in [3.8, 4) is 0 Å². The average molecular weight is 435 g/mol. The van der Waals surface area contributed by atoms with Gasteiger partial charge in [0.15, 0.2) is 0 Å². The van der Waals surface area contributed by atoms with Crippen molar-refractivity contribution in [3.63, 3.8) is 0 Å². The molecule has 8 atom stereocenters. The van der Waals surface area contributed by atoms with Gasteiger partial charge in [-0.15, -0.1) is 0 Å². The zero-order valence-electron chi connectivity index (χ0n) is 19.9. The molecule has 4 fully saturated rings. The standard InChI is InChI=1S/C28H38N2O2/c1-18(31)32-20-12-14-27(2)19(16-20)8-9-21-22-10-11-26(28(22,3)15-13-23(21)27)30-17-29-24-6-4-5-7-25(24)30/h4-7,17,19-23,26H,8-16H2,1-3H3/t19?,20-,21?,22?,23?,26-,27-,28-/m0/s1. The van der Waals surface area contributed by atoms with Crippen molar-refractivity contribution in [2.75, 3.05) is 0 Å². The number of benzene rings is 1. The Hall–Kier alpha value is -1.84. The molecular formula is C28H38N2O2. The summed E-state index contributed by atoms with van der Waals surface area (Å²) in [6, 6.07) is 9.22. The van der Waals surface area contributed by atoms with E-state index in [9.17, 15) is 4.79 Å². The number of hydrogen-bond donors (Lipinski definition) is 0. The summed E-state index contributed by atoms with van der Waals surface area (Å²) >= 11 is 0. The van der Waals surface area contributed by atoms with Crippen molar-refractivity contribution in [1.82, 2.24) is 9.55 Å². The molecule has 32 heavy (non-hydrogen) atoms. The molecule has 6 rings (SSSR count). The van der Waals surface area contributed by atoms with Crippen LogP contribution in [0.15, 0.2) is 30.6 Å². The average Bonchev–Trinajstić information content (AvgIpc) is 3.34. The van der Waals surface area contributed by atoms with E-state index in [1.165, 1.54) is 50.5 Å². The lowest BCUT2D eigenvalue weighted by molar-refractivity contribution is -0.159. The van der Waals surface area contributed by atoms with Gasteiger partial charge in [-0.25, -0.2) is 4.98 Å². The molecule has 4 aliphatic rings. The van der Waals surface area contributed by atoms with Crippen LogP contribution in [-0.2, 0) is 9.53 Å². The van der Waals surface area contributed by atoms with Crippen molar-refractivity contribution >= 4 is 17.0 Å². The highest BCUT2D eigenvalue weighted by atomic mass is 16.5. The summed E-state index contributed by atoms with van der Waals surface area (Å²) in [4.78, 5) is 16.3. The molecule has 1 heterocycles. The number of fused-ring (bicyclic) bond motifs is 6. The van der Waals surface area contributed by atoms with Gasteiger partial charge in [0, 0.05) is 13.0 Å². The topological polar surface area (TPSA) is 44.1 Å². The Morgan fingerprint density at radius 1 is 1.00 bits per heavy atom. The number of rotatable bonds is 2. The Bertz CT molecular complexity index is 1030. The number of carbonyl (C=O) groups excluding carboxylic acids is 1. The number of carbonyl (C=O) groups is 1. The van der Waals surface area contributed by atoms with E-state index in [1.54, 1.807) is 6.92 Å². The molecule has 4 nitrogen and oxygen atoms in total. The highest BCUT2D eigenvalue weighted by Crippen LogP contribution is 2.68. The van der Waals surface area contributed by atoms with Crippen molar-refractivity contribution in [3.05, 3.63) is 30.6 Å². The first-order valence-electron chi connectivity index (χ1n) is 13.0. The van der Waals surface area contributed by atoms with Crippen LogP contribution in [0.2, 0.25) is 0 Å². The highest BCUT2D eigenvalue weighted by molar-refractivity contribution is 5.75. The molecule has 2 aromatic rings. The quantitative estimate of drug-likeness (QED) is 0.503. The van der Waals surface area contributed by atoms with Gasteiger partial charge in [0.2, 0.25) is 0 Å². The van der Waals surface area contributed by atoms with Crippen molar-refractivity contribution in [1.29, 1.82) is 0 Å². The SMILES string of the molecule is CC(=O)O[C@H]1CC[C@@]2(C)C(CCC3C2CC[C@@]2(C)C3CC[C@@H]2n2cnc3ccccc32)C1. The second-order valence-corrected chi connectivity index (χ2v) is 11.9. The summed E-state index contributed by atoms with van der Waals surface area (Å²) in [5.41, 5.74) is 3.25. The van der Waals surface area contributed by atoms with Gasteiger partial charge in [0.05, 0.1) is 17.4 Å². The third kappa shape index (κ3) is 2.93. The zero-order valence-corrected chi connectivity index (χ0v) is 19.9. The van der Waals surface area contributed by atoms with E-state index >= 15 is 0 Å². The lowest BCUT2D eigenvalue weighted by atomic mass is 9.45. The first-order chi connectivity index (χ1) is 15.4. The molecule has 1 aromatic heterocycles. The molecule has 172 valence electrons. The molecular weight excluding hydrogens is 396 g/mol. The van der Waals surface area contributed by atoms with E-state index in [-0.39, 0.29) is 12.1 Å². The van der Waals surface area contributed by atoms with E-state index in [4.69, 9.17) is 9.72 Å². The monoisotopic (exact) mass is 434 g/mol. The fraction of sp³-hybridized carbons (Fsp3) is 0.714. The number of esters is 1. The largest absolute Gasteiger partial charge is 0.463 e. The molecule has 1 aromatic carbocycles. The van der Waals surface area contributed by atoms with Crippen LogP contribution >= 0.6 is 0 Å². The van der Waals surface area contributed by atoms with Crippen molar-refractivity contribution in [2.24, 2.45) is 34.5 Å². The first-order valence-corrected chi connectivity index (χ1v) is 13.0. The van der Waals surface area contributed by atoms with E-state index in [1.807, 2.05) is 0 Å². The summed E-state index contributed by atoms with van der Waals surface area (Å²) in [6.45, 7) is 6.76. The maximum absolute atomic E-state index is 11.5. The normalized spacial score (nSPS) is 43.3. The number of para-hydroxylation sites is 2. The Labute approximate surface area is 192 Å². The van der Waals surface area contributed by atoms with Gasteiger partial charge in [-0.3, -0.25) is 4.79 Å². The first kappa shape index (κ1) is 20.7. The van der Waals surface area contributed by atoms with Gasteiger partial charge in [-0.05, 0) is 104 Å². The van der Waals surface area contributed by atoms with E-state index in [0.717, 1.165) is 42.0 Å². The summed E-state index contributed by atoms with van der Waals surface area (Å²) in [6.07, 6.45) is 13.7. The number of nitrogens with zero attached hydrogens (tertiary/aromatic N) is 2. The molecule has 0 saturated heterocycles. The maximum atomic E-state index is 11.5. The van der Waals surface area contributed by atoms with Crippen LogP contribution in [0.3, 0.4) is 0 Å². The van der Waals surface area contributed by atoms with Gasteiger partial charge < -0.3 is 9.30 Å². The van der Waals surface area contributed by atoms with Crippen LogP contribution in [0.4, 0.5) is 0 Å².